The maximum absolute atomic E-state index is 13.1. The molecule has 1 aliphatic carbocycles. The lowest BCUT2D eigenvalue weighted by Gasteiger charge is -2.44. The second-order valence-electron chi connectivity index (χ2n) is 7.92. The highest BCUT2D eigenvalue weighted by Gasteiger charge is 2.72. The van der Waals surface area contributed by atoms with Crippen molar-refractivity contribution in [1.29, 1.82) is 0 Å². The fraction of sp³-hybridized carbons (Fsp3) is 0.944. The third-order valence-corrected chi connectivity index (χ3v) is 6.58. The Bertz CT molecular complexity index is 518. The Morgan fingerprint density at radius 3 is 2.68 bits per heavy atom. The Morgan fingerprint density at radius 2 is 2.08 bits per heavy atom. The molecule has 0 aromatic carbocycles. The zero-order chi connectivity index (χ0) is 17.7. The van der Waals surface area contributed by atoms with Gasteiger partial charge in [-0.05, 0) is 26.2 Å². The molecule has 3 saturated heterocycles. The van der Waals surface area contributed by atoms with Gasteiger partial charge < -0.3 is 29.0 Å². The summed E-state index contributed by atoms with van der Waals surface area (Å²) < 4.78 is 23.1. The van der Waals surface area contributed by atoms with Crippen LogP contribution in [0.3, 0.4) is 0 Å². The van der Waals surface area contributed by atoms with Crippen LogP contribution in [0.1, 0.15) is 26.2 Å². The van der Waals surface area contributed by atoms with E-state index in [1.807, 2.05) is 4.90 Å². The fourth-order valence-corrected chi connectivity index (χ4v) is 5.11. The lowest BCUT2D eigenvalue weighted by atomic mass is 9.65. The van der Waals surface area contributed by atoms with Gasteiger partial charge in [-0.25, -0.2) is 0 Å². The Kier molecular flexibility index (Phi) is 4.57. The summed E-state index contributed by atoms with van der Waals surface area (Å²) in [4.78, 5) is 15.0. The number of aliphatic hydroxyl groups is 1. The van der Waals surface area contributed by atoms with Crippen molar-refractivity contribution >= 4 is 5.91 Å². The molecule has 7 heteroatoms. The number of rotatable bonds is 5. The van der Waals surface area contributed by atoms with Gasteiger partial charge in [0.25, 0.3) is 0 Å². The summed E-state index contributed by atoms with van der Waals surface area (Å²) in [6.07, 6.45) is 2.05. The molecule has 142 valence electrons. The molecule has 3 heterocycles. The molecular weight excluding hydrogens is 326 g/mol. The lowest BCUT2D eigenvalue weighted by molar-refractivity contribution is -0.154. The topological polar surface area (TPSA) is 84.1 Å². The minimum Gasteiger partial charge on any atom is -0.396 e. The Morgan fingerprint density at radius 1 is 1.36 bits per heavy atom. The van der Waals surface area contributed by atoms with Crippen LogP contribution in [0.15, 0.2) is 0 Å². The molecule has 4 aliphatic rings. The van der Waals surface area contributed by atoms with Crippen LogP contribution < -0.4 is 0 Å². The first-order valence-electron chi connectivity index (χ1n) is 9.38. The monoisotopic (exact) mass is 355 g/mol. The van der Waals surface area contributed by atoms with Gasteiger partial charge in [0.2, 0.25) is 5.91 Å². The number of carbonyl (C=O) groups is 1. The summed E-state index contributed by atoms with van der Waals surface area (Å²) in [5.74, 6) is 0.0163. The molecule has 1 amide bonds. The number of morpholine rings is 1. The molecule has 4 fully saturated rings. The number of carbonyl (C=O) groups excluding carboxylic acids is 1. The second kappa shape index (κ2) is 6.46. The first kappa shape index (κ1) is 17.7. The van der Waals surface area contributed by atoms with Gasteiger partial charge in [-0.3, -0.25) is 4.79 Å². The predicted molar refractivity (Wildman–Crippen MR) is 88.1 cm³/mol. The average Bonchev–Trinajstić information content (AvgIpc) is 3.54. The minimum absolute atomic E-state index is 0.0125. The van der Waals surface area contributed by atoms with Gasteiger partial charge in [0.05, 0.1) is 43.5 Å². The predicted octanol–water partition coefficient (Wildman–Crippen LogP) is 0.195. The van der Waals surface area contributed by atoms with Crippen molar-refractivity contribution in [2.24, 2.45) is 11.8 Å². The molecule has 0 aromatic heterocycles. The summed E-state index contributed by atoms with van der Waals surface area (Å²) in [5.41, 5.74) is -0.606. The van der Waals surface area contributed by atoms with E-state index in [0.29, 0.717) is 39.3 Å². The number of amides is 1. The largest absolute Gasteiger partial charge is 0.396 e. The highest BCUT2D eigenvalue weighted by atomic mass is 16.6. The van der Waals surface area contributed by atoms with Crippen LogP contribution in [0.5, 0.6) is 0 Å². The molecule has 1 saturated carbocycles. The van der Waals surface area contributed by atoms with E-state index < -0.39 is 0 Å². The highest BCUT2D eigenvalue weighted by Crippen LogP contribution is 2.60. The molecule has 0 aromatic rings. The van der Waals surface area contributed by atoms with Crippen LogP contribution >= 0.6 is 0 Å². The van der Waals surface area contributed by atoms with Gasteiger partial charge in [-0.15, -0.1) is 0 Å². The smallest absolute Gasteiger partial charge is 0.228 e. The Hall–Kier alpha value is -0.730. The van der Waals surface area contributed by atoms with Gasteiger partial charge in [0.15, 0.2) is 0 Å². The van der Waals surface area contributed by atoms with E-state index in [1.165, 1.54) is 0 Å². The summed E-state index contributed by atoms with van der Waals surface area (Å²) >= 11 is 0. The van der Waals surface area contributed by atoms with Crippen LogP contribution in [0.25, 0.3) is 0 Å². The van der Waals surface area contributed by atoms with Crippen molar-refractivity contribution in [3.63, 3.8) is 0 Å². The van der Waals surface area contributed by atoms with E-state index in [1.54, 1.807) is 7.11 Å². The van der Waals surface area contributed by atoms with Crippen molar-refractivity contribution in [2.75, 3.05) is 46.6 Å². The summed E-state index contributed by atoms with van der Waals surface area (Å²) in [7, 11) is 1.69. The third kappa shape index (κ3) is 2.90. The lowest BCUT2D eigenvalue weighted by Crippen LogP contribution is -2.57. The van der Waals surface area contributed by atoms with E-state index in [4.69, 9.17) is 18.9 Å². The number of nitrogens with zero attached hydrogens (tertiary/aromatic N) is 1. The summed E-state index contributed by atoms with van der Waals surface area (Å²) in [6.45, 7) is 5.40. The van der Waals surface area contributed by atoms with E-state index in [9.17, 15) is 9.90 Å². The molecular formula is C18H29NO6. The van der Waals surface area contributed by atoms with Gasteiger partial charge in [-0.1, -0.05) is 0 Å². The number of hydrogen-bond acceptors (Lipinski definition) is 6. The molecule has 6 atom stereocenters. The maximum Gasteiger partial charge on any atom is 0.228 e. The average molecular weight is 355 g/mol. The second-order valence-corrected chi connectivity index (χ2v) is 7.92. The number of hydrogen-bond donors (Lipinski definition) is 1. The van der Waals surface area contributed by atoms with Gasteiger partial charge in [0, 0.05) is 32.7 Å². The number of epoxide rings is 2. The zero-order valence-electron chi connectivity index (χ0n) is 15.1. The highest BCUT2D eigenvalue weighted by molar-refractivity contribution is 5.80. The molecule has 3 aliphatic heterocycles. The van der Waals surface area contributed by atoms with Crippen molar-refractivity contribution < 1.29 is 28.8 Å². The molecule has 7 nitrogen and oxygen atoms in total. The van der Waals surface area contributed by atoms with Gasteiger partial charge >= 0.3 is 0 Å². The van der Waals surface area contributed by atoms with E-state index in [-0.39, 0.29) is 47.8 Å². The van der Waals surface area contributed by atoms with Crippen LogP contribution in [-0.2, 0) is 23.7 Å². The normalized spacial score (nSPS) is 46.3. The number of aliphatic hydroxyl groups excluding tert-OH is 1. The SMILES string of the molecule is COC1C(C(=O)N2CCOCC2)CCC2(CO2)C1C1(C)OC1CCO. The molecule has 1 N–H and O–H groups in total. The number of methoxy groups -OCH3 is 1. The number of ether oxygens (including phenoxy) is 4. The molecule has 0 radical (unpaired) electrons. The Labute approximate surface area is 148 Å². The first-order chi connectivity index (χ1) is 12.1. The molecule has 6 unspecified atom stereocenters. The molecule has 25 heavy (non-hydrogen) atoms. The van der Waals surface area contributed by atoms with E-state index in [0.717, 1.165) is 12.8 Å². The van der Waals surface area contributed by atoms with Crippen LogP contribution in [-0.4, -0.2) is 86.0 Å². The quantitative estimate of drug-likeness (QED) is 0.709. The van der Waals surface area contributed by atoms with Crippen molar-refractivity contribution in [1.82, 2.24) is 4.90 Å². The third-order valence-electron chi connectivity index (χ3n) is 6.58. The maximum atomic E-state index is 13.1. The molecule has 0 bridgehead atoms. The Balaban J connectivity index is 1.55. The summed E-state index contributed by atoms with van der Waals surface area (Å²) in [5, 5.41) is 9.27. The minimum atomic E-state index is -0.385. The van der Waals surface area contributed by atoms with Crippen LogP contribution in [0.2, 0.25) is 0 Å². The molecule has 4 rings (SSSR count). The molecule has 1 spiro atoms. The van der Waals surface area contributed by atoms with Gasteiger partial charge in [0.1, 0.15) is 5.60 Å². The van der Waals surface area contributed by atoms with E-state index >= 15 is 0 Å². The zero-order valence-corrected chi connectivity index (χ0v) is 15.1. The standard InChI is InChI=1S/C18H29NO6/c1-17(13(25-17)4-8-20)15-14(22-2)12(3-5-18(15)11-24-18)16(21)19-6-9-23-10-7-19/h12-15,20H,3-11H2,1-2H3. The van der Waals surface area contributed by atoms with Crippen molar-refractivity contribution in [2.45, 2.75) is 49.6 Å². The van der Waals surface area contributed by atoms with Crippen LogP contribution in [0.4, 0.5) is 0 Å². The van der Waals surface area contributed by atoms with Crippen LogP contribution in [0, 0.1) is 11.8 Å². The van der Waals surface area contributed by atoms with Crippen molar-refractivity contribution in [3.05, 3.63) is 0 Å². The summed E-state index contributed by atoms with van der Waals surface area (Å²) in [6, 6.07) is 0. The first-order valence-corrected chi connectivity index (χ1v) is 9.38. The van der Waals surface area contributed by atoms with Gasteiger partial charge in [-0.2, -0.15) is 0 Å². The van der Waals surface area contributed by atoms with Crippen molar-refractivity contribution in [3.8, 4) is 0 Å². The fourth-order valence-electron chi connectivity index (χ4n) is 5.11. The van der Waals surface area contributed by atoms with E-state index in [2.05, 4.69) is 6.92 Å².